The van der Waals surface area contributed by atoms with Gasteiger partial charge in [-0.05, 0) is 38.7 Å². The minimum absolute atomic E-state index is 0.544. The number of nitrogens with two attached hydrogens (primary N) is 2. The van der Waals surface area contributed by atoms with Crippen molar-refractivity contribution < 1.29 is 0 Å². The van der Waals surface area contributed by atoms with Crippen molar-refractivity contribution in [2.24, 2.45) is 5.73 Å². The number of anilines is 1. The molecule has 18 heavy (non-hydrogen) atoms. The van der Waals surface area contributed by atoms with Gasteiger partial charge in [0.25, 0.3) is 0 Å². The summed E-state index contributed by atoms with van der Waals surface area (Å²) in [6.45, 7) is 2.33. The van der Waals surface area contributed by atoms with E-state index in [9.17, 15) is 0 Å². The molecule has 0 fully saturated rings. The van der Waals surface area contributed by atoms with E-state index in [-0.39, 0.29) is 0 Å². The maximum absolute atomic E-state index is 5.94. The lowest BCUT2D eigenvalue weighted by molar-refractivity contribution is 0.316. The Bertz CT molecular complexity index is 526. The highest BCUT2D eigenvalue weighted by Gasteiger charge is 2.06. The first kappa shape index (κ1) is 12.7. The number of aromatic nitrogens is 2. The predicted octanol–water partition coefficient (Wildman–Crippen LogP) is 0.993. The minimum atomic E-state index is 0.544. The van der Waals surface area contributed by atoms with Crippen molar-refractivity contribution >= 4 is 16.7 Å². The summed E-state index contributed by atoms with van der Waals surface area (Å²) in [5, 5.41) is 0.908. The summed E-state index contributed by atoms with van der Waals surface area (Å²) < 4.78 is 0. The molecule has 4 N–H and O–H groups in total. The van der Waals surface area contributed by atoms with Crippen molar-refractivity contribution in [3.63, 3.8) is 0 Å². The molecule has 0 saturated carbocycles. The fourth-order valence-corrected chi connectivity index (χ4v) is 1.90. The zero-order valence-electron chi connectivity index (χ0n) is 10.6. The second-order valence-electron chi connectivity index (χ2n) is 4.42. The van der Waals surface area contributed by atoms with Gasteiger partial charge in [-0.2, -0.15) is 0 Å². The van der Waals surface area contributed by atoms with Crippen LogP contribution in [0.5, 0.6) is 0 Å². The van der Waals surface area contributed by atoms with Gasteiger partial charge < -0.3 is 11.5 Å². The molecule has 0 saturated heterocycles. The quantitative estimate of drug-likeness (QED) is 0.821. The van der Waals surface area contributed by atoms with Gasteiger partial charge in [0.2, 0.25) is 0 Å². The van der Waals surface area contributed by atoms with Crippen molar-refractivity contribution in [2.75, 3.05) is 25.9 Å². The van der Waals surface area contributed by atoms with E-state index in [4.69, 9.17) is 11.5 Å². The summed E-state index contributed by atoms with van der Waals surface area (Å²) >= 11 is 0. The molecule has 2 rings (SSSR count). The molecule has 0 aliphatic rings. The van der Waals surface area contributed by atoms with E-state index in [2.05, 4.69) is 14.9 Å². The van der Waals surface area contributed by atoms with Gasteiger partial charge in [-0.25, -0.2) is 9.97 Å². The molecule has 0 aliphatic heterocycles. The normalized spacial score (nSPS) is 11.3. The highest BCUT2D eigenvalue weighted by molar-refractivity contribution is 5.87. The van der Waals surface area contributed by atoms with E-state index in [1.807, 2.05) is 31.3 Å². The van der Waals surface area contributed by atoms with E-state index in [1.165, 1.54) is 0 Å². The Kier molecular flexibility index (Phi) is 4.07. The number of nitrogen functional groups attached to an aromatic ring is 1. The highest BCUT2D eigenvalue weighted by atomic mass is 15.1. The molecule has 0 radical (unpaired) electrons. The summed E-state index contributed by atoms with van der Waals surface area (Å²) in [7, 11) is 2.03. The van der Waals surface area contributed by atoms with Crippen LogP contribution in [0.2, 0.25) is 0 Å². The van der Waals surface area contributed by atoms with Crippen LogP contribution >= 0.6 is 0 Å². The molecule has 1 heterocycles. The first-order chi connectivity index (χ1) is 8.70. The predicted molar refractivity (Wildman–Crippen MR) is 74.0 cm³/mol. The summed E-state index contributed by atoms with van der Waals surface area (Å²) in [6.07, 6.45) is 0.972. The third-order valence-electron chi connectivity index (χ3n) is 2.83. The molecular weight excluding hydrogens is 226 g/mol. The molecule has 2 aromatic rings. The van der Waals surface area contributed by atoms with E-state index in [1.54, 1.807) is 0 Å². The molecule has 0 bridgehead atoms. The maximum atomic E-state index is 5.94. The largest absolute Gasteiger partial charge is 0.383 e. The number of fused-ring (bicyclic) bond motifs is 1. The van der Waals surface area contributed by atoms with Crippen molar-refractivity contribution in [1.82, 2.24) is 14.9 Å². The average Bonchev–Trinajstić information content (AvgIpc) is 2.36. The molecule has 0 unspecified atom stereocenters. The van der Waals surface area contributed by atoms with Crippen LogP contribution in [0.3, 0.4) is 0 Å². The van der Waals surface area contributed by atoms with E-state index >= 15 is 0 Å². The van der Waals surface area contributed by atoms with Gasteiger partial charge in [-0.15, -0.1) is 0 Å². The zero-order chi connectivity index (χ0) is 13.0. The van der Waals surface area contributed by atoms with Gasteiger partial charge >= 0.3 is 0 Å². The average molecular weight is 245 g/mol. The van der Waals surface area contributed by atoms with Gasteiger partial charge in [0.15, 0.2) is 0 Å². The molecule has 1 aromatic heterocycles. The lowest BCUT2D eigenvalue weighted by atomic mass is 10.2. The van der Waals surface area contributed by atoms with Crippen LogP contribution in [-0.2, 0) is 6.54 Å². The number of hydrogen-bond donors (Lipinski definition) is 2. The molecule has 0 amide bonds. The molecule has 96 valence electrons. The molecule has 0 atom stereocenters. The molecule has 5 heteroatoms. The summed E-state index contributed by atoms with van der Waals surface area (Å²) in [4.78, 5) is 11.0. The first-order valence-electron chi connectivity index (χ1n) is 6.10. The number of rotatable bonds is 5. The van der Waals surface area contributed by atoms with Gasteiger partial charge in [-0.3, -0.25) is 4.90 Å². The number of para-hydroxylation sites is 1. The standard InChI is InChI=1S/C13H19N5/c1-18(8-4-7-14)9-12-16-11-6-3-2-5-10(11)13(15)17-12/h2-3,5-6H,4,7-9,14H2,1H3,(H2,15,16,17). The third-order valence-corrected chi connectivity index (χ3v) is 2.83. The van der Waals surface area contributed by atoms with Crippen LogP contribution in [0.15, 0.2) is 24.3 Å². The Morgan fingerprint density at radius 3 is 2.78 bits per heavy atom. The maximum Gasteiger partial charge on any atom is 0.145 e. The molecule has 5 nitrogen and oxygen atoms in total. The van der Waals surface area contributed by atoms with Gasteiger partial charge in [0, 0.05) is 5.39 Å². The topological polar surface area (TPSA) is 81.1 Å². The monoisotopic (exact) mass is 245 g/mol. The number of nitrogens with zero attached hydrogens (tertiary/aromatic N) is 3. The molecule has 0 aliphatic carbocycles. The van der Waals surface area contributed by atoms with Gasteiger partial charge in [0.1, 0.15) is 11.6 Å². The lowest BCUT2D eigenvalue weighted by Gasteiger charge is -2.15. The Labute approximate surface area is 107 Å². The van der Waals surface area contributed by atoms with E-state index < -0.39 is 0 Å². The van der Waals surface area contributed by atoms with Crippen LogP contribution in [0.25, 0.3) is 10.9 Å². The van der Waals surface area contributed by atoms with Crippen LogP contribution < -0.4 is 11.5 Å². The summed E-state index contributed by atoms with van der Waals surface area (Å²) in [5.74, 6) is 1.30. The first-order valence-corrected chi connectivity index (χ1v) is 6.10. The number of hydrogen-bond acceptors (Lipinski definition) is 5. The molecule has 0 spiro atoms. The van der Waals surface area contributed by atoms with Crippen molar-refractivity contribution in [3.8, 4) is 0 Å². The van der Waals surface area contributed by atoms with Crippen molar-refractivity contribution in [1.29, 1.82) is 0 Å². The fraction of sp³-hybridized carbons (Fsp3) is 0.385. The third kappa shape index (κ3) is 2.94. The smallest absolute Gasteiger partial charge is 0.145 e. The molecule has 1 aromatic carbocycles. The van der Waals surface area contributed by atoms with Crippen LogP contribution in [-0.4, -0.2) is 35.0 Å². The number of benzene rings is 1. The molecular formula is C13H19N5. The lowest BCUT2D eigenvalue weighted by Crippen LogP contribution is -2.22. The van der Waals surface area contributed by atoms with Gasteiger partial charge in [-0.1, -0.05) is 12.1 Å². The minimum Gasteiger partial charge on any atom is -0.383 e. The van der Waals surface area contributed by atoms with Crippen LogP contribution in [0.1, 0.15) is 12.2 Å². The zero-order valence-corrected chi connectivity index (χ0v) is 10.6. The van der Waals surface area contributed by atoms with Crippen LogP contribution in [0, 0.1) is 0 Å². The SMILES string of the molecule is CN(CCCN)Cc1nc(N)c2ccccc2n1. The summed E-state index contributed by atoms with van der Waals surface area (Å²) in [5.41, 5.74) is 12.3. The van der Waals surface area contributed by atoms with Gasteiger partial charge in [0.05, 0.1) is 12.1 Å². The summed E-state index contributed by atoms with van der Waals surface area (Å²) in [6, 6.07) is 7.79. The Balaban J connectivity index is 2.19. The van der Waals surface area contributed by atoms with E-state index in [0.717, 1.165) is 29.7 Å². The fourth-order valence-electron chi connectivity index (χ4n) is 1.90. The second-order valence-corrected chi connectivity index (χ2v) is 4.42. The Morgan fingerprint density at radius 1 is 1.22 bits per heavy atom. The van der Waals surface area contributed by atoms with Crippen molar-refractivity contribution in [2.45, 2.75) is 13.0 Å². The Morgan fingerprint density at radius 2 is 2.00 bits per heavy atom. The van der Waals surface area contributed by atoms with Crippen molar-refractivity contribution in [3.05, 3.63) is 30.1 Å². The Hall–Kier alpha value is -1.72. The second kappa shape index (κ2) is 5.75. The highest BCUT2D eigenvalue weighted by Crippen LogP contribution is 2.17. The van der Waals surface area contributed by atoms with E-state index in [0.29, 0.717) is 18.9 Å². The van der Waals surface area contributed by atoms with Crippen LogP contribution in [0.4, 0.5) is 5.82 Å².